The summed E-state index contributed by atoms with van der Waals surface area (Å²) in [6.45, 7) is 6.22. The summed E-state index contributed by atoms with van der Waals surface area (Å²) >= 11 is 6.36. The van der Waals surface area contributed by atoms with Crippen molar-refractivity contribution in [3.8, 4) is 5.69 Å². The molecular formula is C18H19ClN2. The lowest BCUT2D eigenvalue weighted by Crippen LogP contribution is -2.02. The molecule has 1 aromatic heterocycles. The van der Waals surface area contributed by atoms with Gasteiger partial charge in [-0.2, -0.15) is 0 Å². The highest BCUT2D eigenvalue weighted by atomic mass is 35.5. The standard InChI is InChI=1S/C18H19ClN2/c1-4-14-8-10-15(11-9-14)21-16-7-5-6-12(2)17(16)20-18(21)13(3)19/h5-11,13H,4H2,1-3H3. The van der Waals surface area contributed by atoms with Crippen LogP contribution in [0.2, 0.25) is 0 Å². The molecule has 21 heavy (non-hydrogen) atoms. The zero-order valence-corrected chi connectivity index (χ0v) is 13.4. The van der Waals surface area contributed by atoms with E-state index >= 15 is 0 Å². The van der Waals surface area contributed by atoms with Crippen LogP contribution in [0, 0.1) is 6.92 Å². The lowest BCUT2D eigenvalue weighted by molar-refractivity contribution is 0.881. The molecule has 1 atom stereocenters. The molecule has 0 spiro atoms. The van der Waals surface area contributed by atoms with Crippen molar-refractivity contribution in [2.45, 2.75) is 32.6 Å². The Morgan fingerprint density at radius 2 is 1.86 bits per heavy atom. The first-order valence-electron chi connectivity index (χ1n) is 7.33. The largest absolute Gasteiger partial charge is 0.295 e. The third kappa shape index (κ3) is 2.44. The molecule has 3 rings (SSSR count). The first-order valence-corrected chi connectivity index (χ1v) is 7.76. The number of benzene rings is 2. The Morgan fingerprint density at radius 3 is 2.48 bits per heavy atom. The fraction of sp³-hybridized carbons (Fsp3) is 0.278. The Bertz CT molecular complexity index is 770. The van der Waals surface area contributed by atoms with Crippen molar-refractivity contribution in [1.82, 2.24) is 9.55 Å². The summed E-state index contributed by atoms with van der Waals surface area (Å²) < 4.78 is 2.17. The summed E-state index contributed by atoms with van der Waals surface area (Å²) in [5, 5.41) is -0.136. The number of halogens is 1. The number of aromatic nitrogens is 2. The second kappa shape index (κ2) is 5.53. The van der Waals surface area contributed by atoms with E-state index in [9.17, 15) is 0 Å². The van der Waals surface area contributed by atoms with Gasteiger partial charge in [0.05, 0.1) is 16.4 Å². The molecule has 0 fully saturated rings. The molecule has 0 amide bonds. The van der Waals surface area contributed by atoms with E-state index in [0.717, 1.165) is 29.0 Å². The minimum absolute atomic E-state index is 0.136. The molecule has 0 saturated carbocycles. The predicted molar refractivity (Wildman–Crippen MR) is 89.5 cm³/mol. The predicted octanol–water partition coefficient (Wildman–Crippen LogP) is 5.20. The maximum Gasteiger partial charge on any atom is 0.132 e. The number of para-hydroxylation sites is 1. The zero-order valence-electron chi connectivity index (χ0n) is 12.6. The topological polar surface area (TPSA) is 17.8 Å². The highest BCUT2D eigenvalue weighted by Gasteiger charge is 2.17. The molecule has 1 heterocycles. The van der Waals surface area contributed by atoms with Gasteiger partial charge in [-0.25, -0.2) is 4.98 Å². The van der Waals surface area contributed by atoms with Gasteiger partial charge in [0, 0.05) is 5.69 Å². The highest BCUT2D eigenvalue weighted by molar-refractivity contribution is 6.20. The fourth-order valence-corrected chi connectivity index (χ4v) is 2.82. The van der Waals surface area contributed by atoms with E-state index in [4.69, 9.17) is 16.6 Å². The van der Waals surface area contributed by atoms with Gasteiger partial charge in [0.2, 0.25) is 0 Å². The second-order valence-electron chi connectivity index (χ2n) is 5.38. The van der Waals surface area contributed by atoms with E-state index in [1.54, 1.807) is 0 Å². The van der Waals surface area contributed by atoms with Crippen LogP contribution >= 0.6 is 11.6 Å². The quantitative estimate of drug-likeness (QED) is 0.608. The number of aryl methyl sites for hydroxylation is 2. The molecule has 0 saturated heterocycles. The van der Waals surface area contributed by atoms with E-state index in [2.05, 4.69) is 60.9 Å². The second-order valence-corrected chi connectivity index (χ2v) is 6.04. The Morgan fingerprint density at radius 1 is 1.14 bits per heavy atom. The van der Waals surface area contributed by atoms with Crippen LogP contribution in [0.25, 0.3) is 16.7 Å². The Kier molecular flexibility index (Phi) is 3.73. The van der Waals surface area contributed by atoms with Gasteiger partial charge < -0.3 is 0 Å². The van der Waals surface area contributed by atoms with Crippen LogP contribution in [0.5, 0.6) is 0 Å². The molecule has 3 heteroatoms. The normalized spacial score (nSPS) is 12.8. The smallest absolute Gasteiger partial charge is 0.132 e. The molecule has 2 nitrogen and oxygen atoms in total. The summed E-state index contributed by atoms with van der Waals surface area (Å²) in [7, 11) is 0. The van der Waals surface area contributed by atoms with Crippen molar-refractivity contribution < 1.29 is 0 Å². The van der Waals surface area contributed by atoms with E-state index in [0.29, 0.717) is 0 Å². The summed E-state index contributed by atoms with van der Waals surface area (Å²) in [5.41, 5.74) is 5.76. The molecule has 0 aliphatic carbocycles. The number of rotatable bonds is 3. The van der Waals surface area contributed by atoms with Crippen molar-refractivity contribution >= 4 is 22.6 Å². The van der Waals surface area contributed by atoms with E-state index in [-0.39, 0.29) is 5.38 Å². The van der Waals surface area contributed by atoms with Crippen LogP contribution in [0.3, 0.4) is 0 Å². The molecule has 0 bridgehead atoms. The van der Waals surface area contributed by atoms with Crippen molar-refractivity contribution in [3.63, 3.8) is 0 Å². The fourth-order valence-electron chi connectivity index (χ4n) is 2.68. The van der Waals surface area contributed by atoms with Crippen molar-refractivity contribution in [2.24, 2.45) is 0 Å². The van der Waals surface area contributed by atoms with Gasteiger partial charge in [0.15, 0.2) is 0 Å². The van der Waals surface area contributed by atoms with Gasteiger partial charge in [0.25, 0.3) is 0 Å². The van der Waals surface area contributed by atoms with Gasteiger partial charge in [0.1, 0.15) is 5.82 Å². The summed E-state index contributed by atoms with van der Waals surface area (Å²) in [6.07, 6.45) is 1.04. The Hall–Kier alpha value is -1.80. The van der Waals surface area contributed by atoms with Gasteiger partial charge in [-0.15, -0.1) is 11.6 Å². The van der Waals surface area contributed by atoms with Crippen LogP contribution in [-0.2, 0) is 6.42 Å². The minimum Gasteiger partial charge on any atom is -0.295 e. The zero-order chi connectivity index (χ0) is 15.0. The van der Waals surface area contributed by atoms with Gasteiger partial charge >= 0.3 is 0 Å². The van der Waals surface area contributed by atoms with E-state index in [1.807, 2.05) is 6.92 Å². The van der Waals surface area contributed by atoms with Gasteiger partial charge in [-0.05, 0) is 49.6 Å². The number of fused-ring (bicyclic) bond motifs is 1. The summed E-state index contributed by atoms with van der Waals surface area (Å²) in [4.78, 5) is 4.76. The maximum absolute atomic E-state index is 6.36. The summed E-state index contributed by atoms with van der Waals surface area (Å²) in [6, 6.07) is 14.9. The SMILES string of the molecule is CCc1ccc(-n2c(C(C)Cl)nc3c(C)cccc32)cc1. The third-order valence-corrected chi connectivity index (χ3v) is 4.07. The molecule has 108 valence electrons. The Balaban J connectivity index is 2.28. The van der Waals surface area contributed by atoms with Crippen LogP contribution in [-0.4, -0.2) is 9.55 Å². The molecule has 0 N–H and O–H groups in total. The Labute approximate surface area is 130 Å². The lowest BCUT2D eigenvalue weighted by atomic mass is 10.1. The first-order chi connectivity index (χ1) is 10.1. The number of nitrogens with zero attached hydrogens (tertiary/aromatic N) is 2. The van der Waals surface area contributed by atoms with Crippen LogP contribution in [0.4, 0.5) is 0 Å². The number of imidazole rings is 1. The average Bonchev–Trinajstić information content (AvgIpc) is 2.88. The maximum atomic E-state index is 6.36. The third-order valence-electron chi connectivity index (χ3n) is 3.87. The van der Waals surface area contributed by atoms with Crippen molar-refractivity contribution in [1.29, 1.82) is 0 Å². The lowest BCUT2D eigenvalue weighted by Gasteiger charge is -2.11. The molecule has 3 aromatic rings. The molecule has 0 radical (unpaired) electrons. The molecule has 2 aromatic carbocycles. The highest BCUT2D eigenvalue weighted by Crippen LogP contribution is 2.29. The number of hydrogen-bond acceptors (Lipinski definition) is 1. The molecule has 0 aliphatic heterocycles. The van der Waals surface area contributed by atoms with E-state index in [1.165, 1.54) is 11.1 Å². The van der Waals surface area contributed by atoms with Crippen molar-refractivity contribution in [3.05, 3.63) is 59.4 Å². The van der Waals surface area contributed by atoms with Crippen LogP contribution in [0.1, 0.15) is 36.2 Å². The molecule has 0 aliphatic rings. The van der Waals surface area contributed by atoms with Crippen molar-refractivity contribution in [2.75, 3.05) is 0 Å². The van der Waals surface area contributed by atoms with Gasteiger partial charge in [-0.1, -0.05) is 31.2 Å². The van der Waals surface area contributed by atoms with E-state index < -0.39 is 0 Å². The number of hydrogen-bond donors (Lipinski definition) is 0. The summed E-state index contributed by atoms with van der Waals surface area (Å²) in [5.74, 6) is 0.894. The molecule has 1 unspecified atom stereocenters. The van der Waals surface area contributed by atoms with Crippen LogP contribution < -0.4 is 0 Å². The monoisotopic (exact) mass is 298 g/mol. The number of alkyl halides is 1. The van der Waals surface area contributed by atoms with Gasteiger partial charge in [-0.3, -0.25) is 4.57 Å². The molecular weight excluding hydrogens is 280 g/mol. The average molecular weight is 299 g/mol. The first kappa shape index (κ1) is 14.2. The minimum atomic E-state index is -0.136. The van der Waals surface area contributed by atoms with Crippen LogP contribution in [0.15, 0.2) is 42.5 Å².